The first-order valence-corrected chi connectivity index (χ1v) is 10.3. The summed E-state index contributed by atoms with van der Waals surface area (Å²) in [5.41, 5.74) is -0.168. The SMILES string of the molecule is O[C@]12O[C@@]34CCCC[C@@H]3C[C@@]13CCC[C@H]2C[C@@H]1CCCC[C@@]13O4. The molecule has 3 spiro atoms. The Hall–Kier alpha value is -0.120. The molecule has 3 nitrogen and oxygen atoms in total. The first-order chi connectivity index (χ1) is 11.1. The van der Waals surface area contributed by atoms with Crippen LogP contribution in [0, 0.1) is 23.2 Å². The summed E-state index contributed by atoms with van der Waals surface area (Å²) in [6.45, 7) is 0. The second-order valence-electron chi connectivity index (χ2n) is 9.60. The fourth-order valence-corrected chi connectivity index (χ4v) is 8.27. The summed E-state index contributed by atoms with van der Waals surface area (Å²) in [4.78, 5) is 0. The zero-order chi connectivity index (χ0) is 15.3. The largest absolute Gasteiger partial charge is 0.365 e. The quantitative estimate of drug-likeness (QED) is 0.730. The lowest BCUT2D eigenvalue weighted by Gasteiger charge is -2.79. The number of hydrogen-bond donors (Lipinski definition) is 1. The molecule has 23 heavy (non-hydrogen) atoms. The molecule has 1 N–H and O–H groups in total. The van der Waals surface area contributed by atoms with E-state index in [1.54, 1.807) is 0 Å². The average Bonchev–Trinajstić information content (AvgIpc) is 2.52. The Kier molecular flexibility index (Phi) is 2.55. The Balaban J connectivity index is 1.58. The Labute approximate surface area is 139 Å². The lowest BCUT2D eigenvalue weighted by Crippen LogP contribution is -2.85. The lowest BCUT2D eigenvalue weighted by atomic mass is 9.40. The number of ether oxygens (including phenoxy) is 2. The highest BCUT2D eigenvalue weighted by molar-refractivity contribution is 5.25. The molecule has 3 heteroatoms. The van der Waals surface area contributed by atoms with Gasteiger partial charge in [0.25, 0.3) is 0 Å². The molecule has 3 saturated heterocycles. The Morgan fingerprint density at radius 2 is 1.52 bits per heavy atom. The van der Waals surface area contributed by atoms with Crippen molar-refractivity contribution < 1.29 is 14.6 Å². The van der Waals surface area contributed by atoms with Gasteiger partial charge in [-0.15, -0.1) is 0 Å². The standard InChI is InChI=1S/C20H30O3/c21-20-15-8-5-9-17(20)13-16-7-2-4-11-19(16,23-20)22-18(17)10-3-1-6-14(18)12-15/h14-16,21H,1-13H2/t14-,15-,16+,17+,18+,19-,20+/m0/s1. The van der Waals surface area contributed by atoms with E-state index in [-0.39, 0.29) is 11.0 Å². The van der Waals surface area contributed by atoms with Crippen LogP contribution in [0.1, 0.15) is 83.5 Å². The van der Waals surface area contributed by atoms with Crippen molar-refractivity contribution in [1.29, 1.82) is 0 Å². The molecule has 0 aromatic heterocycles. The van der Waals surface area contributed by atoms with Crippen molar-refractivity contribution >= 4 is 0 Å². The van der Waals surface area contributed by atoms with Crippen LogP contribution < -0.4 is 0 Å². The maximum absolute atomic E-state index is 11.9. The maximum Gasteiger partial charge on any atom is 0.180 e. The molecular weight excluding hydrogens is 288 g/mol. The monoisotopic (exact) mass is 318 g/mol. The molecule has 0 radical (unpaired) electrons. The molecule has 3 aliphatic heterocycles. The number of rotatable bonds is 0. The number of aliphatic hydroxyl groups is 1. The first kappa shape index (κ1) is 14.1. The smallest absolute Gasteiger partial charge is 0.180 e. The highest BCUT2D eigenvalue weighted by Crippen LogP contribution is 2.77. The van der Waals surface area contributed by atoms with Crippen LogP contribution in [0.3, 0.4) is 0 Å². The van der Waals surface area contributed by atoms with Gasteiger partial charge in [0, 0.05) is 18.3 Å². The van der Waals surface area contributed by atoms with E-state index < -0.39 is 11.6 Å². The zero-order valence-electron chi connectivity index (χ0n) is 14.2. The van der Waals surface area contributed by atoms with E-state index in [4.69, 9.17) is 9.47 Å². The van der Waals surface area contributed by atoms with Gasteiger partial charge < -0.3 is 14.6 Å². The Bertz CT molecular complexity index is 549. The first-order valence-electron chi connectivity index (χ1n) is 10.3. The Morgan fingerprint density at radius 3 is 2.43 bits per heavy atom. The molecule has 5 bridgehead atoms. The van der Waals surface area contributed by atoms with E-state index in [9.17, 15) is 5.11 Å². The van der Waals surface area contributed by atoms with Gasteiger partial charge in [0.1, 0.15) is 0 Å². The fraction of sp³-hybridized carbons (Fsp3) is 1.00. The molecule has 0 amide bonds. The topological polar surface area (TPSA) is 38.7 Å². The van der Waals surface area contributed by atoms with Gasteiger partial charge in [-0.1, -0.05) is 25.7 Å². The van der Waals surface area contributed by atoms with Crippen molar-refractivity contribution in [2.24, 2.45) is 23.2 Å². The van der Waals surface area contributed by atoms with E-state index in [2.05, 4.69) is 0 Å². The minimum absolute atomic E-state index is 0.0665. The molecule has 7 fully saturated rings. The summed E-state index contributed by atoms with van der Waals surface area (Å²) in [6.07, 6.45) is 15.7. The van der Waals surface area contributed by atoms with E-state index in [1.807, 2.05) is 0 Å². The third-order valence-corrected chi connectivity index (χ3v) is 9.01. The van der Waals surface area contributed by atoms with Crippen molar-refractivity contribution in [2.75, 3.05) is 0 Å². The summed E-state index contributed by atoms with van der Waals surface area (Å²) >= 11 is 0. The van der Waals surface area contributed by atoms with Crippen molar-refractivity contribution in [2.45, 2.75) is 101 Å². The molecule has 3 heterocycles. The van der Waals surface area contributed by atoms with Crippen LogP contribution in [-0.4, -0.2) is 22.3 Å². The minimum atomic E-state index is -0.884. The van der Waals surface area contributed by atoms with Crippen LogP contribution in [0.25, 0.3) is 0 Å². The molecule has 7 atom stereocenters. The van der Waals surface area contributed by atoms with Gasteiger partial charge in [0.2, 0.25) is 0 Å². The van der Waals surface area contributed by atoms with Gasteiger partial charge >= 0.3 is 0 Å². The van der Waals surface area contributed by atoms with Crippen molar-refractivity contribution in [1.82, 2.24) is 0 Å². The fourth-order valence-electron chi connectivity index (χ4n) is 8.27. The van der Waals surface area contributed by atoms with Gasteiger partial charge in [-0.05, 0) is 57.3 Å². The van der Waals surface area contributed by atoms with Gasteiger partial charge in [-0.3, -0.25) is 0 Å². The molecule has 0 aromatic carbocycles. The Morgan fingerprint density at radius 1 is 0.739 bits per heavy atom. The highest BCUT2D eigenvalue weighted by Gasteiger charge is 2.82. The molecule has 4 aliphatic carbocycles. The van der Waals surface area contributed by atoms with E-state index >= 15 is 0 Å². The van der Waals surface area contributed by atoms with Crippen molar-refractivity contribution in [3.63, 3.8) is 0 Å². The van der Waals surface area contributed by atoms with Crippen LogP contribution in [0.4, 0.5) is 0 Å². The van der Waals surface area contributed by atoms with Crippen LogP contribution in [0.15, 0.2) is 0 Å². The summed E-state index contributed by atoms with van der Waals surface area (Å²) < 4.78 is 13.8. The van der Waals surface area contributed by atoms with Crippen LogP contribution in [-0.2, 0) is 9.47 Å². The summed E-state index contributed by atoms with van der Waals surface area (Å²) in [5.74, 6) is 0.231. The molecule has 128 valence electrons. The third kappa shape index (κ3) is 1.36. The molecule has 0 unspecified atom stereocenters. The van der Waals surface area contributed by atoms with Gasteiger partial charge in [0.05, 0.1) is 11.0 Å². The number of hydrogen-bond acceptors (Lipinski definition) is 3. The van der Waals surface area contributed by atoms with E-state index in [0.717, 1.165) is 25.7 Å². The molecule has 7 rings (SSSR count). The van der Waals surface area contributed by atoms with Crippen LogP contribution >= 0.6 is 0 Å². The molecule has 7 aliphatic rings. The molecule has 4 saturated carbocycles. The van der Waals surface area contributed by atoms with Gasteiger partial charge in [-0.2, -0.15) is 0 Å². The van der Waals surface area contributed by atoms with Crippen LogP contribution in [0.5, 0.6) is 0 Å². The second-order valence-corrected chi connectivity index (χ2v) is 9.60. The predicted molar refractivity (Wildman–Crippen MR) is 85.5 cm³/mol. The van der Waals surface area contributed by atoms with E-state index in [0.29, 0.717) is 17.8 Å². The van der Waals surface area contributed by atoms with Crippen LogP contribution in [0.2, 0.25) is 0 Å². The maximum atomic E-state index is 11.9. The van der Waals surface area contributed by atoms with Crippen molar-refractivity contribution in [3.05, 3.63) is 0 Å². The minimum Gasteiger partial charge on any atom is -0.365 e. The molecule has 0 aromatic rings. The lowest BCUT2D eigenvalue weighted by molar-refractivity contribution is -0.565. The van der Waals surface area contributed by atoms with Gasteiger partial charge in [-0.25, -0.2) is 0 Å². The second kappa shape index (κ2) is 4.16. The summed E-state index contributed by atoms with van der Waals surface area (Å²) in [7, 11) is 0. The predicted octanol–water partition coefficient (Wildman–Crippen LogP) is 4.13. The third-order valence-electron chi connectivity index (χ3n) is 9.01. The summed E-state index contributed by atoms with van der Waals surface area (Å²) in [6, 6.07) is 0. The normalized spacial score (nSPS) is 63.3. The molecular formula is C20H30O3. The van der Waals surface area contributed by atoms with Gasteiger partial charge in [0.15, 0.2) is 11.6 Å². The van der Waals surface area contributed by atoms with Crippen molar-refractivity contribution in [3.8, 4) is 0 Å². The van der Waals surface area contributed by atoms with E-state index in [1.165, 1.54) is 57.8 Å². The summed E-state index contributed by atoms with van der Waals surface area (Å²) in [5, 5.41) is 11.9. The zero-order valence-corrected chi connectivity index (χ0v) is 14.2. The highest BCUT2D eigenvalue weighted by atomic mass is 16.8. The average molecular weight is 318 g/mol.